The summed E-state index contributed by atoms with van der Waals surface area (Å²) in [5, 5.41) is 3.03. The van der Waals surface area contributed by atoms with Crippen LogP contribution in [-0.4, -0.2) is 67.7 Å². The molecule has 2 fully saturated rings. The van der Waals surface area contributed by atoms with E-state index in [0.717, 1.165) is 43.4 Å². The predicted molar refractivity (Wildman–Crippen MR) is 121 cm³/mol. The van der Waals surface area contributed by atoms with Gasteiger partial charge >= 0.3 is 5.97 Å². The Bertz CT molecular complexity index is 853. The highest BCUT2D eigenvalue weighted by Crippen LogP contribution is 2.30. The van der Waals surface area contributed by atoms with Crippen LogP contribution in [0.15, 0.2) is 24.3 Å². The van der Waals surface area contributed by atoms with Crippen molar-refractivity contribution in [2.75, 3.05) is 26.9 Å². The molecule has 1 saturated heterocycles. The number of rotatable bonds is 2. The topological polar surface area (TPSA) is 94.2 Å². The molecule has 4 rings (SSSR count). The molecule has 2 aliphatic heterocycles. The number of nitrogens with one attached hydrogen (secondary N) is 1. The molecule has 3 atom stereocenters. The molecule has 0 unspecified atom stereocenters. The molecule has 1 aliphatic carbocycles. The van der Waals surface area contributed by atoms with E-state index < -0.39 is 18.1 Å². The fraction of sp³-hybridized carbons (Fsp3) is 0.640. The van der Waals surface area contributed by atoms with Gasteiger partial charge in [-0.3, -0.25) is 9.59 Å². The van der Waals surface area contributed by atoms with Crippen molar-refractivity contribution in [2.45, 2.75) is 69.6 Å². The van der Waals surface area contributed by atoms with E-state index in [2.05, 4.69) is 5.32 Å². The average Bonchev–Trinajstić information content (AvgIpc) is 3.27. The minimum atomic E-state index is -0.706. The van der Waals surface area contributed by atoms with Crippen molar-refractivity contribution in [2.24, 2.45) is 5.92 Å². The van der Waals surface area contributed by atoms with E-state index in [4.69, 9.17) is 14.2 Å². The van der Waals surface area contributed by atoms with Crippen LogP contribution in [0.2, 0.25) is 0 Å². The molecule has 8 heteroatoms. The summed E-state index contributed by atoms with van der Waals surface area (Å²) in [6, 6.07) is 6.36. The van der Waals surface area contributed by atoms with Gasteiger partial charge in [-0.1, -0.05) is 31.4 Å². The van der Waals surface area contributed by atoms with E-state index in [1.54, 1.807) is 4.90 Å². The van der Waals surface area contributed by atoms with Crippen LogP contribution in [0.25, 0.3) is 0 Å². The largest absolute Gasteiger partial charge is 0.491 e. The second kappa shape index (κ2) is 11.0. The van der Waals surface area contributed by atoms with Gasteiger partial charge in [-0.05, 0) is 42.9 Å². The third kappa shape index (κ3) is 5.85. The highest BCUT2D eigenvalue weighted by molar-refractivity contribution is 5.91. The molecule has 0 radical (unpaired) electrons. The first-order chi connectivity index (χ1) is 16.0. The van der Waals surface area contributed by atoms with Gasteiger partial charge in [0.2, 0.25) is 11.8 Å². The van der Waals surface area contributed by atoms with Gasteiger partial charge in [-0.2, -0.15) is 0 Å². The molecule has 3 aliphatic rings. The summed E-state index contributed by atoms with van der Waals surface area (Å²) in [5.74, 6) is -0.00200. The van der Waals surface area contributed by atoms with Crippen LogP contribution in [0.4, 0.5) is 0 Å². The summed E-state index contributed by atoms with van der Waals surface area (Å²) in [4.78, 5) is 40.7. The number of hydrogen-bond donors (Lipinski definition) is 1. The fourth-order valence-corrected chi connectivity index (χ4v) is 5.22. The monoisotopic (exact) mass is 458 g/mol. The second-order valence-electron chi connectivity index (χ2n) is 9.20. The maximum Gasteiger partial charge on any atom is 0.328 e. The molecule has 8 nitrogen and oxygen atoms in total. The Morgan fingerprint density at radius 3 is 2.73 bits per heavy atom. The molecule has 0 spiro atoms. The first-order valence-electron chi connectivity index (χ1n) is 12.1. The van der Waals surface area contributed by atoms with Crippen molar-refractivity contribution in [3.8, 4) is 5.75 Å². The number of benzene rings is 1. The quantitative estimate of drug-likeness (QED) is 0.683. The van der Waals surface area contributed by atoms with Gasteiger partial charge in [0.1, 0.15) is 24.4 Å². The van der Waals surface area contributed by atoms with Crippen molar-refractivity contribution < 1.29 is 28.6 Å². The molecule has 1 aromatic carbocycles. The van der Waals surface area contributed by atoms with Gasteiger partial charge in [-0.25, -0.2) is 4.79 Å². The molecule has 180 valence electrons. The van der Waals surface area contributed by atoms with Crippen LogP contribution in [0.3, 0.4) is 0 Å². The average molecular weight is 459 g/mol. The van der Waals surface area contributed by atoms with E-state index in [9.17, 15) is 14.4 Å². The third-order valence-electron chi connectivity index (χ3n) is 6.97. The van der Waals surface area contributed by atoms with E-state index in [1.165, 1.54) is 7.11 Å². The van der Waals surface area contributed by atoms with Crippen LogP contribution < -0.4 is 10.1 Å². The first-order valence-corrected chi connectivity index (χ1v) is 12.1. The van der Waals surface area contributed by atoms with Gasteiger partial charge in [-0.15, -0.1) is 0 Å². The Hall–Kier alpha value is -2.61. The summed E-state index contributed by atoms with van der Waals surface area (Å²) in [6.07, 6.45) is 5.95. The van der Waals surface area contributed by atoms with Gasteiger partial charge in [0, 0.05) is 19.4 Å². The molecule has 4 bridgehead atoms. The smallest absolute Gasteiger partial charge is 0.328 e. The Morgan fingerprint density at radius 2 is 1.94 bits per heavy atom. The summed E-state index contributed by atoms with van der Waals surface area (Å²) in [5.41, 5.74) is 1.01. The zero-order valence-electron chi connectivity index (χ0n) is 19.3. The number of esters is 1. The number of hydrogen-bond acceptors (Lipinski definition) is 6. The third-order valence-corrected chi connectivity index (χ3v) is 6.97. The van der Waals surface area contributed by atoms with Crippen molar-refractivity contribution in [3.05, 3.63) is 29.8 Å². The fourth-order valence-electron chi connectivity index (χ4n) is 5.22. The van der Waals surface area contributed by atoms with Gasteiger partial charge in [0.15, 0.2) is 0 Å². The zero-order valence-corrected chi connectivity index (χ0v) is 19.3. The zero-order chi connectivity index (χ0) is 23.2. The van der Waals surface area contributed by atoms with E-state index in [0.29, 0.717) is 32.6 Å². The Morgan fingerprint density at radius 1 is 1.12 bits per heavy atom. The summed E-state index contributed by atoms with van der Waals surface area (Å²) in [7, 11) is 1.33. The molecule has 2 amide bonds. The van der Waals surface area contributed by atoms with Crippen molar-refractivity contribution in [1.82, 2.24) is 10.2 Å². The van der Waals surface area contributed by atoms with E-state index >= 15 is 0 Å². The minimum Gasteiger partial charge on any atom is -0.491 e. The second-order valence-corrected chi connectivity index (χ2v) is 9.20. The molecule has 33 heavy (non-hydrogen) atoms. The van der Waals surface area contributed by atoms with E-state index in [1.807, 2.05) is 24.3 Å². The summed E-state index contributed by atoms with van der Waals surface area (Å²) >= 11 is 0. The SMILES string of the molecule is COC(=O)[C@@H]1C[C@@H]2CN1C(=O)[C@H](C1CCCCC1)NC(=O)CCc1cccc(c1)OCCO2. The van der Waals surface area contributed by atoms with Gasteiger partial charge in [0.05, 0.1) is 19.8 Å². The molecule has 1 N–H and O–H groups in total. The maximum absolute atomic E-state index is 13.7. The molecule has 0 aromatic heterocycles. The highest BCUT2D eigenvalue weighted by atomic mass is 16.5. The molecular weight excluding hydrogens is 424 g/mol. The number of methoxy groups -OCH3 is 1. The van der Waals surface area contributed by atoms with Crippen LogP contribution in [0.1, 0.15) is 50.5 Å². The van der Waals surface area contributed by atoms with Crippen molar-refractivity contribution in [3.63, 3.8) is 0 Å². The van der Waals surface area contributed by atoms with Crippen molar-refractivity contribution in [1.29, 1.82) is 0 Å². The molecule has 1 aromatic rings. The first kappa shape index (κ1) is 23.5. The van der Waals surface area contributed by atoms with Crippen LogP contribution in [-0.2, 0) is 30.3 Å². The summed E-state index contributed by atoms with van der Waals surface area (Å²) < 4.78 is 16.7. The Kier molecular flexibility index (Phi) is 7.85. The minimum absolute atomic E-state index is 0.0732. The maximum atomic E-state index is 13.7. The molecular formula is C25H34N2O6. The molecule has 2 heterocycles. The number of aryl methyl sites for hydroxylation is 1. The van der Waals surface area contributed by atoms with Crippen LogP contribution in [0.5, 0.6) is 5.75 Å². The van der Waals surface area contributed by atoms with Gasteiger partial charge < -0.3 is 24.4 Å². The molecule has 1 saturated carbocycles. The highest BCUT2D eigenvalue weighted by Gasteiger charge is 2.44. The van der Waals surface area contributed by atoms with Gasteiger partial charge in [0.25, 0.3) is 0 Å². The van der Waals surface area contributed by atoms with Crippen LogP contribution in [0, 0.1) is 5.92 Å². The standard InChI is InChI=1S/C25H34N2O6/c1-31-25(30)21-15-20-16-27(21)24(29)23(18-7-3-2-4-8-18)26-22(28)11-10-17-6-5-9-19(14-17)32-12-13-33-20/h5-6,9,14,18,20-21,23H,2-4,7-8,10-13,15-16H2,1H3,(H,26,28)/t20-,21+,23+/m1/s1. The lowest BCUT2D eigenvalue weighted by Crippen LogP contribution is -2.55. The lowest BCUT2D eigenvalue weighted by molar-refractivity contribution is -0.152. The number of amides is 2. The number of fused-ring (bicyclic) bond motifs is 4. The lowest BCUT2D eigenvalue weighted by Gasteiger charge is -2.34. The lowest BCUT2D eigenvalue weighted by atomic mass is 9.83. The number of carbonyl (C=O) groups is 3. The normalized spacial score (nSPS) is 27.5. The summed E-state index contributed by atoms with van der Waals surface area (Å²) in [6.45, 7) is 1.02. The number of nitrogens with zero attached hydrogens (tertiary/aromatic N) is 1. The number of ether oxygens (including phenoxy) is 3. The Balaban J connectivity index is 1.59. The van der Waals surface area contributed by atoms with E-state index in [-0.39, 0.29) is 30.3 Å². The predicted octanol–water partition coefficient (Wildman–Crippen LogP) is 2.24. The Labute approximate surface area is 194 Å². The number of carbonyl (C=O) groups excluding carboxylic acids is 3. The van der Waals surface area contributed by atoms with Crippen LogP contribution >= 0.6 is 0 Å². The van der Waals surface area contributed by atoms with Crippen molar-refractivity contribution >= 4 is 17.8 Å².